The maximum atomic E-state index is 15.1. The van der Waals surface area contributed by atoms with Crippen LogP contribution >= 0.6 is 11.6 Å². The van der Waals surface area contributed by atoms with Crippen molar-refractivity contribution in [2.24, 2.45) is 0 Å². The van der Waals surface area contributed by atoms with Crippen LogP contribution in [-0.2, 0) is 4.74 Å². The topological polar surface area (TPSA) is 88.1 Å². The predicted molar refractivity (Wildman–Crippen MR) is 164 cm³/mol. The van der Waals surface area contributed by atoms with Gasteiger partial charge in [0, 0.05) is 38.4 Å². The van der Waals surface area contributed by atoms with Crippen LogP contribution in [0, 0.1) is 12.7 Å². The summed E-state index contributed by atoms with van der Waals surface area (Å²) in [5.74, 6) is -0.350. The molecule has 0 radical (unpaired) electrons. The Morgan fingerprint density at radius 2 is 1.93 bits per heavy atom. The lowest BCUT2D eigenvalue weighted by atomic mass is 10.0. The summed E-state index contributed by atoms with van der Waals surface area (Å²) in [5, 5.41) is 0.0430. The van der Waals surface area contributed by atoms with Crippen molar-refractivity contribution in [2.45, 2.75) is 59.1 Å². The quantitative estimate of drug-likeness (QED) is 0.330. The molecule has 43 heavy (non-hydrogen) atoms. The third-order valence-corrected chi connectivity index (χ3v) is 7.94. The van der Waals surface area contributed by atoms with E-state index in [9.17, 15) is 9.59 Å². The smallest absolute Gasteiger partial charge is 0.410 e. The summed E-state index contributed by atoms with van der Waals surface area (Å²) in [7, 11) is 1.81. The first-order valence-electron chi connectivity index (χ1n) is 14.4. The lowest BCUT2D eigenvalue weighted by Crippen LogP contribution is -2.58. The summed E-state index contributed by atoms with van der Waals surface area (Å²) < 4.78 is 27.0. The zero-order chi connectivity index (χ0) is 31.2. The first-order chi connectivity index (χ1) is 20.3. The van der Waals surface area contributed by atoms with Crippen LogP contribution < -0.4 is 9.64 Å². The van der Waals surface area contributed by atoms with Gasteiger partial charge < -0.3 is 24.2 Å². The van der Waals surface area contributed by atoms with Crippen LogP contribution in [0.1, 0.15) is 62.2 Å². The number of carbonyl (C=O) groups is 2. The summed E-state index contributed by atoms with van der Waals surface area (Å²) in [6.07, 6.45) is 1.31. The highest BCUT2D eigenvalue weighted by molar-refractivity contribution is 6.35. The summed E-state index contributed by atoms with van der Waals surface area (Å²) in [6, 6.07) is 7.65. The van der Waals surface area contributed by atoms with E-state index in [-0.39, 0.29) is 64.9 Å². The van der Waals surface area contributed by atoms with Gasteiger partial charge in [-0.1, -0.05) is 37.6 Å². The number of anilines is 2. The maximum Gasteiger partial charge on any atom is 0.410 e. The standard InChI is InChI=1S/C32H37ClFN5O4/c1-18(2)25-27(19(3)12-13-35-25)37(7)29-23-28(24(33)26(36-29)21-10-8-9-11-22(21)34)42-17-20-16-38(14-15-39(20)30(23)40)31(41)43-32(4,5)6/h8-13,18,20H,14-17H2,1-7H3. The first kappa shape index (κ1) is 30.5. The van der Waals surface area contributed by atoms with E-state index in [0.717, 1.165) is 16.9 Å². The number of rotatable bonds is 4. The van der Waals surface area contributed by atoms with Crippen molar-refractivity contribution < 1.29 is 23.5 Å². The number of piperazine rings is 1. The molecule has 2 amide bonds. The molecule has 1 atom stereocenters. The normalized spacial score (nSPS) is 16.8. The van der Waals surface area contributed by atoms with Crippen LogP contribution in [0.3, 0.4) is 0 Å². The third kappa shape index (κ3) is 5.85. The zero-order valence-corrected chi connectivity index (χ0v) is 26.3. The number of fused-ring (bicyclic) bond motifs is 2. The van der Waals surface area contributed by atoms with Crippen LogP contribution in [-0.4, -0.2) is 76.7 Å². The summed E-state index contributed by atoms with van der Waals surface area (Å²) in [6.45, 7) is 12.4. The van der Waals surface area contributed by atoms with Gasteiger partial charge in [-0.05, 0) is 57.4 Å². The van der Waals surface area contributed by atoms with Crippen molar-refractivity contribution in [3.63, 3.8) is 0 Å². The van der Waals surface area contributed by atoms with Crippen LogP contribution in [0.25, 0.3) is 11.3 Å². The zero-order valence-electron chi connectivity index (χ0n) is 25.6. The molecule has 4 heterocycles. The Hall–Kier alpha value is -3.92. The van der Waals surface area contributed by atoms with E-state index in [1.165, 1.54) is 6.07 Å². The minimum Gasteiger partial charge on any atom is -0.489 e. The van der Waals surface area contributed by atoms with Crippen LogP contribution in [0.5, 0.6) is 5.75 Å². The lowest BCUT2D eigenvalue weighted by molar-refractivity contribution is 0.000956. The Kier molecular flexibility index (Phi) is 8.26. The molecule has 0 aliphatic carbocycles. The number of ether oxygens (including phenoxy) is 2. The van der Waals surface area contributed by atoms with E-state index in [1.54, 1.807) is 34.2 Å². The average molecular weight is 610 g/mol. The number of nitrogens with zero attached hydrogens (tertiary/aromatic N) is 5. The SMILES string of the molecule is Cc1ccnc(C(C)C)c1N(C)c1nc(-c2ccccc2F)c(Cl)c2c1C(=O)N1CCN(C(=O)OC(C)(C)C)CC1CO2. The summed E-state index contributed by atoms with van der Waals surface area (Å²) >= 11 is 6.92. The predicted octanol–water partition coefficient (Wildman–Crippen LogP) is 6.59. The second kappa shape index (κ2) is 11.6. The minimum atomic E-state index is -0.652. The van der Waals surface area contributed by atoms with Crippen LogP contribution in [0.15, 0.2) is 36.5 Å². The van der Waals surface area contributed by atoms with E-state index in [1.807, 2.05) is 59.6 Å². The maximum absolute atomic E-state index is 15.1. The average Bonchev–Trinajstić information content (AvgIpc) is 3.09. The Bertz CT molecular complexity index is 1570. The molecule has 0 N–H and O–H groups in total. The molecule has 1 unspecified atom stereocenters. The number of aromatic nitrogens is 2. The van der Waals surface area contributed by atoms with Crippen molar-refractivity contribution in [1.82, 2.24) is 19.8 Å². The molecule has 2 aliphatic heterocycles. The van der Waals surface area contributed by atoms with Crippen LogP contribution in [0.4, 0.5) is 20.7 Å². The van der Waals surface area contributed by atoms with Gasteiger partial charge in [0.25, 0.3) is 5.91 Å². The Morgan fingerprint density at radius 1 is 1.21 bits per heavy atom. The number of pyridine rings is 2. The molecule has 9 nitrogen and oxygen atoms in total. The van der Waals surface area contributed by atoms with Crippen molar-refractivity contribution in [3.8, 4) is 17.0 Å². The number of hydrogen-bond acceptors (Lipinski definition) is 7. The molecule has 1 fully saturated rings. The van der Waals surface area contributed by atoms with E-state index in [0.29, 0.717) is 6.54 Å². The lowest BCUT2D eigenvalue weighted by Gasteiger charge is -2.40. The summed E-state index contributed by atoms with van der Waals surface area (Å²) in [5.41, 5.74) is 2.43. The van der Waals surface area contributed by atoms with Crippen molar-refractivity contribution in [3.05, 3.63) is 64.2 Å². The van der Waals surface area contributed by atoms with E-state index < -0.39 is 23.6 Å². The van der Waals surface area contributed by atoms with E-state index >= 15 is 4.39 Å². The molecule has 2 aromatic heterocycles. The molecule has 5 rings (SSSR count). The van der Waals surface area contributed by atoms with Gasteiger partial charge in [0.2, 0.25) is 0 Å². The molecule has 11 heteroatoms. The third-order valence-electron chi connectivity index (χ3n) is 7.59. The number of hydrogen-bond donors (Lipinski definition) is 0. The molecule has 228 valence electrons. The number of benzene rings is 1. The Morgan fingerprint density at radius 3 is 2.60 bits per heavy atom. The molecule has 1 aromatic carbocycles. The van der Waals surface area contributed by atoms with Gasteiger partial charge in [0.1, 0.15) is 34.4 Å². The van der Waals surface area contributed by atoms with E-state index in [4.69, 9.17) is 26.1 Å². The summed E-state index contributed by atoms with van der Waals surface area (Å²) in [4.78, 5) is 41.9. The highest BCUT2D eigenvalue weighted by atomic mass is 35.5. The molecular formula is C32H37ClFN5O4. The second-order valence-corrected chi connectivity index (χ2v) is 12.6. The van der Waals surface area contributed by atoms with E-state index in [2.05, 4.69) is 4.98 Å². The Balaban J connectivity index is 1.65. The second-order valence-electron chi connectivity index (χ2n) is 12.2. The fourth-order valence-corrected chi connectivity index (χ4v) is 5.84. The molecular weight excluding hydrogens is 573 g/mol. The highest BCUT2D eigenvalue weighted by Gasteiger charge is 2.41. The molecule has 3 aromatic rings. The fraction of sp³-hybridized carbons (Fsp3) is 0.438. The first-order valence-corrected chi connectivity index (χ1v) is 14.8. The van der Waals surface area contributed by atoms with Gasteiger partial charge in [-0.15, -0.1) is 0 Å². The molecule has 1 saturated heterocycles. The van der Waals surface area contributed by atoms with Gasteiger partial charge in [-0.3, -0.25) is 9.78 Å². The monoisotopic (exact) mass is 609 g/mol. The fourth-order valence-electron chi connectivity index (χ4n) is 5.55. The van der Waals surface area contributed by atoms with Gasteiger partial charge in [-0.2, -0.15) is 0 Å². The van der Waals surface area contributed by atoms with Gasteiger partial charge in [0.15, 0.2) is 5.75 Å². The molecule has 0 saturated carbocycles. The van der Waals surface area contributed by atoms with Crippen molar-refractivity contribution in [2.75, 3.05) is 38.2 Å². The Labute approximate surface area is 256 Å². The van der Waals surface area contributed by atoms with Gasteiger partial charge in [0.05, 0.1) is 23.1 Å². The minimum absolute atomic E-state index is 0.0430. The largest absolute Gasteiger partial charge is 0.489 e. The van der Waals surface area contributed by atoms with Crippen LogP contribution in [0.2, 0.25) is 5.02 Å². The van der Waals surface area contributed by atoms with Crippen molar-refractivity contribution >= 4 is 35.1 Å². The number of aryl methyl sites for hydroxylation is 1. The number of amides is 2. The molecule has 2 aliphatic rings. The molecule has 0 spiro atoms. The van der Waals surface area contributed by atoms with Gasteiger partial charge >= 0.3 is 6.09 Å². The van der Waals surface area contributed by atoms with Gasteiger partial charge in [-0.25, -0.2) is 14.2 Å². The highest BCUT2D eigenvalue weighted by Crippen LogP contribution is 2.46. The number of carbonyl (C=O) groups excluding carboxylic acids is 2. The van der Waals surface area contributed by atoms with Crippen molar-refractivity contribution in [1.29, 1.82) is 0 Å². The molecule has 0 bridgehead atoms. The number of halogens is 2.